The van der Waals surface area contributed by atoms with Crippen molar-refractivity contribution in [2.24, 2.45) is 0 Å². The van der Waals surface area contributed by atoms with Crippen LogP contribution in [0.3, 0.4) is 0 Å². The molecule has 0 unspecified atom stereocenters. The minimum Gasteiger partial charge on any atom is -0.467 e. The maximum Gasteiger partial charge on any atom is 0.319 e. The summed E-state index contributed by atoms with van der Waals surface area (Å²) < 4.78 is 5.23. The number of aryl methyl sites for hydroxylation is 1. The lowest BCUT2D eigenvalue weighted by molar-refractivity contribution is 0.247. The Bertz CT molecular complexity index is 567. The van der Waals surface area contributed by atoms with E-state index in [1.54, 1.807) is 30.5 Å². The molecule has 0 spiro atoms. The van der Waals surface area contributed by atoms with Crippen molar-refractivity contribution < 1.29 is 9.21 Å². The highest BCUT2D eigenvalue weighted by molar-refractivity contribution is 6.30. The number of benzene rings is 1. The van der Waals surface area contributed by atoms with Crippen molar-refractivity contribution >= 4 is 23.3 Å². The molecule has 0 radical (unpaired) electrons. The number of nitrogens with one attached hydrogen (secondary N) is 2. The van der Waals surface area contributed by atoms with Gasteiger partial charge in [0.05, 0.1) is 12.3 Å². The monoisotopic (exact) mass is 278 g/mol. The Kier molecular flexibility index (Phi) is 4.12. The molecule has 100 valence electrons. The van der Waals surface area contributed by atoms with Gasteiger partial charge in [0.15, 0.2) is 0 Å². The topological polar surface area (TPSA) is 54.3 Å². The fourth-order valence-electron chi connectivity index (χ4n) is 1.73. The third kappa shape index (κ3) is 3.51. The number of amides is 2. The molecule has 0 aliphatic rings. The lowest BCUT2D eigenvalue weighted by atomic mass is 10.2. The third-order valence-corrected chi connectivity index (χ3v) is 2.99. The van der Waals surface area contributed by atoms with Crippen LogP contribution < -0.4 is 10.6 Å². The van der Waals surface area contributed by atoms with Crippen molar-refractivity contribution in [1.29, 1.82) is 0 Å². The Morgan fingerprint density at radius 1 is 1.37 bits per heavy atom. The molecule has 4 nitrogen and oxygen atoms in total. The van der Waals surface area contributed by atoms with Gasteiger partial charge < -0.3 is 15.1 Å². The Morgan fingerprint density at radius 3 is 2.79 bits per heavy atom. The fourth-order valence-corrected chi connectivity index (χ4v) is 1.96. The van der Waals surface area contributed by atoms with Gasteiger partial charge in [0, 0.05) is 10.7 Å². The fraction of sp³-hybridized carbons (Fsp3) is 0.214. The van der Waals surface area contributed by atoms with Gasteiger partial charge in [-0.05, 0) is 49.7 Å². The van der Waals surface area contributed by atoms with Crippen LogP contribution in [0, 0.1) is 6.92 Å². The average molecular weight is 279 g/mol. The van der Waals surface area contributed by atoms with Gasteiger partial charge in [-0.25, -0.2) is 4.79 Å². The molecular weight excluding hydrogens is 264 g/mol. The van der Waals surface area contributed by atoms with E-state index in [0.717, 1.165) is 11.3 Å². The number of urea groups is 1. The predicted molar refractivity (Wildman–Crippen MR) is 75.5 cm³/mol. The molecule has 0 saturated heterocycles. The Morgan fingerprint density at radius 2 is 2.16 bits per heavy atom. The predicted octanol–water partition coefficient (Wildman–Crippen LogP) is 4.12. The quantitative estimate of drug-likeness (QED) is 0.887. The van der Waals surface area contributed by atoms with Gasteiger partial charge in [0.25, 0.3) is 0 Å². The average Bonchev–Trinajstić information content (AvgIpc) is 2.86. The second-order valence-electron chi connectivity index (χ2n) is 4.29. The molecule has 2 amide bonds. The summed E-state index contributed by atoms with van der Waals surface area (Å²) in [6.45, 7) is 3.74. The Labute approximate surface area is 116 Å². The largest absolute Gasteiger partial charge is 0.467 e. The first-order chi connectivity index (χ1) is 9.06. The van der Waals surface area contributed by atoms with E-state index in [0.29, 0.717) is 10.8 Å². The number of carbonyl (C=O) groups excluding carboxylic acids is 1. The van der Waals surface area contributed by atoms with Gasteiger partial charge in [-0.3, -0.25) is 0 Å². The second-order valence-corrected chi connectivity index (χ2v) is 4.73. The van der Waals surface area contributed by atoms with Crippen LogP contribution in [-0.2, 0) is 0 Å². The first-order valence-corrected chi connectivity index (χ1v) is 6.31. The molecule has 1 atom stereocenters. The van der Waals surface area contributed by atoms with Gasteiger partial charge in [-0.2, -0.15) is 0 Å². The van der Waals surface area contributed by atoms with E-state index in [1.807, 2.05) is 19.9 Å². The standard InChI is InChI=1S/C14H15ClN2O2/c1-9-8-11(15)5-6-12(9)17-14(18)16-10(2)13-4-3-7-19-13/h3-8,10H,1-2H3,(H2,16,17,18)/t10-/m0/s1. The highest BCUT2D eigenvalue weighted by Gasteiger charge is 2.12. The minimum absolute atomic E-state index is 0.192. The lowest BCUT2D eigenvalue weighted by Crippen LogP contribution is -2.31. The number of hydrogen-bond acceptors (Lipinski definition) is 2. The Hall–Kier alpha value is -1.94. The maximum atomic E-state index is 11.9. The number of carbonyl (C=O) groups is 1. The number of rotatable bonds is 3. The minimum atomic E-state index is -0.283. The number of furan rings is 1. The summed E-state index contributed by atoms with van der Waals surface area (Å²) in [5, 5.41) is 6.22. The molecule has 0 bridgehead atoms. The lowest BCUT2D eigenvalue weighted by Gasteiger charge is -2.13. The molecule has 19 heavy (non-hydrogen) atoms. The van der Waals surface area contributed by atoms with E-state index in [1.165, 1.54) is 0 Å². The SMILES string of the molecule is Cc1cc(Cl)ccc1NC(=O)N[C@@H](C)c1ccco1. The summed E-state index contributed by atoms with van der Waals surface area (Å²) in [5.74, 6) is 0.711. The molecule has 2 rings (SSSR count). The van der Waals surface area contributed by atoms with Crippen LogP contribution in [0.4, 0.5) is 10.5 Å². The van der Waals surface area contributed by atoms with Crippen molar-refractivity contribution in [3.8, 4) is 0 Å². The van der Waals surface area contributed by atoms with Gasteiger partial charge in [-0.15, -0.1) is 0 Å². The van der Waals surface area contributed by atoms with Crippen LogP contribution >= 0.6 is 11.6 Å². The van der Waals surface area contributed by atoms with E-state index >= 15 is 0 Å². The van der Waals surface area contributed by atoms with E-state index in [9.17, 15) is 4.79 Å². The summed E-state index contributed by atoms with van der Waals surface area (Å²) in [5.41, 5.74) is 1.64. The summed E-state index contributed by atoms with van der Waals surface area (Å²) in [7, 11) is 0. The molecule has 0 saturated carbocycles. The van der Waals surface area contributed by atoms with Crippen LogP contribution in [0.15, 0.2) is 41.0 Å². The third-order valence-electron chi connectivity index (χ3n) is 2.75. The molecule has 1 aromatic carbocycles. The van der Waals surface area contributed by atoms with Crippen LogP contribution in [-0.4, -0.2) is 6.03 Å². The number of halogens is 1. The highest BCUT2D eigenvalue weighted by atomic mass is 35.5. The number of hydrogen-bond donors (Lipinski definition) is 2. The summed E-state index contributed by atoms with van der Waals surface area (Å²) in [6.07, 6.45) is 1.58. The van der Waals surface area contributed by atoms with Crippen molar-refractivity contribution in [1.82, 2.24) is 5.32 Å². The zero-order valence-electron chi connectivity index (χ0n) is 10.7. The van der Waals surface area contributed by atoms with Crippen LogP contribution in [0.1, 0.15) is 24.3 Å². The van der Waals surface area contributed by atoms with Crippen molar-refractivity contribution in [3.05, 3.63) is 52.9 Å². The van der Waals surface area contributed by atoms with E-state index in [2.05, 4.69) is 10.6 Å². The molecule has 2 aromatic rings. The van der Waals surface area contributed by atoms with Crippen molar-refractivity contribution in [3.63, 3.8) is 0 Å². The van der Waals surface area contributed by atoms with Gasteiger partial charge in [0.2, 0.25) is 0 Å². The molecule has 2 N–H and O–H groups in total. The maximum absolute atomic E-state index is 11.9. The zero-order chi connectivity index (χ0) is 13.8. The molecule has 0 aliphatic carbocycles. The van der Waals surface area contributed by atoms with Crippen LogP contribution in [0.25, 0.3) is 0 Å². The molecule has 1 aromatic heterocycles. The normalized spacial score (nSPS) is 11.9. The van der Waals surface area contributed by atoms with Crippen LogP contribution in [0.5, 0.6) is 0 Å². The van der Waals surface area contributed by atoms with Gasteiger partial charge in [0.1, 0.15) is 5.76 Å². The Balaban J connectivity index is 1.98. The molecule has 0 fully saturated rings. The smallest absolute Gasteiger partial charge is 0.319 e. The molecule has 1 heterocycles. The first kappa shape index (κ1) is 13.5. The van der Waals surface area contributed by atoms with Gasteiger partial charge >= 0.3 is 6.03 Å². The van der Waals surface area contributed by atoms with Crippen molar-refractivity contribution in [2.45, 2.75) is 19.9 Å². The summed E-state index contributed by atoms with van der Waals surface area (Å²) >= 11 is 5.86. The van der Waals surface area contributed by atoms with E-state index < -0.39 is 0 Å². The highest BCUT2D eigenvalue weighted by Crippen LogP contribution is 2.20. The molecular formula is C14H15ClN2O2. The molecule has 0 aliphatic heterocycles. The summed E-state index contributed by atoms with van der Waals surface area (Å²) in [4.78, 5) is 11.9. The number of anilines is 1. The zero-order valence-corrected chi connectivity index (χ0v) is 11.5. The second kappa shape index (κ2) is 5.80. The van der Waals surface area contributed by atoms with Crippen molar-refractivity contribution in [2.75, 3.05) is 5.32 Å². The van der Waals surface area contributed by atoms with E-state index in [4.69, 9.17) is 16.0 Å². The first-order valence-electron chi connectivity index (χ1n) is 5.93. The summed E-state index contributed by atoms with van der Waals surface area (Å²) in [6, 6.07) is 8.44. The molecule has 5 heteroatoms. The van der Waals surface area contributed by atoms with E-state index in [-0.39, 0.29) is 12.1 Å². The van der Waals surface area contributed by atoms with Gasteiger partial charge in [-0.1, -0.05) is 11.6 Å². The van der Waals surface area contributed by atoms with Crippen LogP contribution in [0.2, 0.25) is 5.02 Å².